The highest BCUT2D eigenvalue weighted by molar-refractivity contribution is 7.20. The Labute approximate surface area is 144 Å². The molecule has 5 heteroatoms. The molecular weight excluding hydrogens is 324 g/mol. The molecule has 0 aliphatic heterocycles. The lowest BCUT2D eigenvalue weighted by Crippen LogP contribution is -2.26. The Balaban J connectivity index is 1.41. The first-order valence-corrected chi connectivity index (χ1v) is 9.36. The molecule has 1 aromatic carbocycles. The van der Waals surface area contributed by atoms with Crippen LogP contribution in [0, 0.1) is 0 Å². The molecule has 2 heterocycles. The molecule has 3 rings (SSSR count). The largest absolute Gasteiger partial charge is 0.356 e. The third-order valence-corrected chi connectivity index (χ3v) is 5.36. The molecule has 0 saturated heterocycles. The number of thiazole rings is 1. The van der Waals surface area contributed by atoms with Gasteiger partial charge in [0.05, 0.1) is 17.0 Å². The van der Waals surface area contributed by atoms with Gasteiger partial charge in [0.2, 0.25) is 5.91 Å². The van der Waals surface area contributed by atoms with E-state index < -0.39 is 0 Å². The highest BCUT2D eigenvalue weighted by atomic mass is 32.1. The number of carbonyl (C=O) groups is 1. The van der Waals surface area contributed by atoms with Gasteiger partial charge in [-0.25, -0.2) is 4.98 Å². The summed E-state index contributed by atoms with van der Waals surface area (Å²) in [5, 5.41) is 7.97. The lowest BCUT2D eigenvalue weighted by molar-refractivity contribution is -0.120. The number of hydrogen-bond donors (Lipinski definition) is 1. The highest BCUT2D eigenvalue weighted by Gasteiger charge is 2.09. The van der Waals surface area contributed by atoms with E-state index in [1.54, 1.807) is 22.7 Å². The van der Waals surface area contributed by atoms with Gasteiger partial charge in [0.15, 0.2) is 0 Å². The average Bonchev–Trinajstić information content (AvgIpc) is 3.24. The van der Waals surface area contributed by atoms with E-state index in [9.17, 15) is 4.79 Å². The summed E-state index contributed by atoms with van der Waals surface area (Å²) in [6.07, 6.45) is 2.29. The monoisotopic (exact) mass is 342 g/mol. The number of nitrogens with zero attached hydrogens (tertiary/aromatic N) is 1. The first-order valence-electron chi connectivity index (χ1n) is 7.60. The Morgan fingerprint density at radius 2 is 1.96 bits per heavy atom. The molecule has 0 atom stereocenters. The minimum absolute atomic E-state index is 0.0427. The van der Waals surface area contributed by atoms with Crippen molar-refractivity contribution in [3.63, 3.8) is 0 Å². The Hall–Kier alpha value is -1.98. The van der Waals surface area contributed by atoms with Crippen molar-refractivity contribution in [1.82, 2.24) is 10.3 Å². The van der Waals surface area contributed by atoms with Crippen LogP contribution in [-0.4, -0.2) is 17.4 Å². The zero-order valence-electron chi connectivity index (χ0n) is 12.7. The molecule has 0 fully saturated rings. The summed E-state index contributed by atoms with van der Waals surface area (Å²) in [7, 11) is 0. The van der Waals surface area contributed by atoms with Crippen LogP contribution in [0.2, 0.25) is 0 Å². The predicted molar refractivity (Wildman–Crippen MR) is 96.9 cm³/mol. The Morgan fingerprint density at radius 3 is 2.74 bits per heavy atom. The molecule has 118 valence electrons. The number of benzene rings is 1. The van der Waals surface area contributed by atoms with Crippen LogP contribution >= 0.6 is 22.7 Å². The van der Waals surface area contributed by atoms with Crippen molar-refractivity contribution in [3.05, 3.63) is 64.5 Å². The van der Waals surface area contributed by atoms with Crippen LogP contribution < -0.4 is 5.32 Å². The van der Waals surface area contributed by atoms with E-state index in [1.165, 1.54) is 5.56 Å². The maximum atomic E-state index is 12.0. The van der Waals surface area contributed by atoms with Gasteiger partial charge >= 0.3 is 0 Å². The number of carbonyl (C=O) groups excluding carboxylic acids is 1. The molecule has 0 spiro atoms. The SMILES string of the molecule is O=C(Cc1csc(-c2cccs2)n1)NCCCc1ccccc1. The topological polar surface area (TPSA) is 42.0 Å². The van der Waals surface area contributed by atoms with Crippen molar-refractivity contribution in [1.29, 1.82) is 0 Å². The van der Waals surface area contributed by atoms with Gasteiger partial charge in [-0.05, 0) is 29.9 Å². The fourth-order valence-electron chi connectivity index (χ4n) is 2.29. The predicted octanol–water partition coefficient (Wildman–Crippen LogP) is 4.16. The normalized spacial score (nSPS) is 10.6. The average molecular weight is 342 g/mol. The van der Waals surface area contributed by atoms with Crippen LogP contribution in [0.3, 0.4) is 0 Å². The third-order valence-electron chi connectivity index (χ3n) is 3.43. The number of rotatable bonds is 7. The van der Waals surface area contributed by atoms with Gasteiger partial charge in [0.1, 0.15) is 5.01 Å². The minimum atomic E-state index is 0.0427. The molecule has 1 amide bonds. The molecule has 0 radical (unpaired) electrons. The molecule has 23 heavy (non-hydrogen) atoms. The van der Waals surface area contributed by atoms with Gasteiger partial charge < -0.3 is 5.32 Å². The molecule has 0 aliphatic rings. The number of aromatic nitrogens is 1. The zero-order valence-corrected chi connectivity index (χ0v) is 14.3. The van der Waals surface area contributed by atoms with E-state index in [2.05, 4.69) is 28.5 Å². The first-order chi connectivity index (χ1) is 11.3. The minimum Gasteiger partial charge on any atom is -0.356 e. The van der Waals surface area contributed by atoms with Crippen LogP contribution in [0.1, 0.15) is 17.7 Å². The van der Waals surface area contributed by atoms with E-state index >= 15 is 0 Å². The van der Waals surface area contributed by atoms with Crippen LogP contribution in [0.15, 0.2) is 53.2 Å². The van der Waals surface area contributed by atoms with Crippen LogP contribution in [0.25, 0.3) is 9.88 Å². The van der Waals surface area contributed by atoms with E-state index in [0.717, 1.165) is 28.4 Å². The van der Waals surface area contributed by atoms with Crippen molar-refractivity contribution in [2.75, 3.05) is 6.54 Å². The zero-order chi connectivity index (χ0) is 15.9. The van der Waals surface area contributed by atoms with E-state index in [4.69, 9.17) is 0 Å². The van der Waals surface area contributed by atoms with E-state index in [-0.39, 0.29) is 5.91 Å². The summed E-state index contributed by atoms with van der Waals surface area (Å²) in [6.45, 7) is 0.704. The fraction of sp³-hybridized carbons (Fsp3) is 0.222. The summed E-state index contributed by atoms with van der Waals surface area (Å²) in [5.41, 5.74) is 2.15. The van der Waals surface area contributed by atoms with Crippen molar-refractivity contribution in [3.8, 4) is 9.88 Å². The lowest BCUT2D eigenvalue weighted by Gasteiger charge is -2.04. The van der Waals surface area contributed by atoms with Crippen molar-refractivity contribution < 1.29 is 4.79 Å². The summed E-state index contributed by atoms with van der Waals surface area (Å²) in [5.74, 6) is 0.0427. The molecule has 3 aromatic rings. The smallest absolute Gasteiger partial charge is 0.226 e. The van der Waals surface area contributed by atoms with Gasteiger partial charge in [0.25, 0.3) is 0 Å². The van der Waals surface area contributed by atoms with Gasteiger partial charge in [-0.1, -0.05) is 36.4 Å². The van der Waals surface area contributed by atoms with Gasteiger partial charge in [-0.3, -0.25) is 4.79 Å². The molecule has 0 bridgehead atoms. The molecular formula is C18H18N2OS2. The number of aryl methyl sites for hydroxylation is 1. The van der Waals surface area contributed by atoms with Crippen molar-refractivity contribution in [2.45, 2.75) is 19.3 Å². The van der Waals surface area contributed by atoms with Crippen molar-refractivity contribution >= 4 is 28.6 Å². The number of thiophene rings is 1. The first kappa shape index (κ1) is 15.9. The summed E-state index contributed by atoms with van der Waals surface area (Å²) >= 11 is 3.26. The number of amides is 1. The van der Waals surface area contributed by atoms with E-state index in [0.29, 0.717) is 13.0 Å². The Morgan fingerprint density at radius 1 is 1.09 bits per heavy atom. The molecule has 3 nitrogen and oxygen atoms in total. The second kappa shape index (κ2) is 8.04. The van der Waals surface area contributed by atoms with E-state index in [1.807, 2.05) is 35.0 Å². The second-order valence-electron chi connectivity index (χ2n) is 5.24. The summed E-state index contributed by atoms with van der Waals surface area (Å²) < 4.78 is 0. The molecule has 0 aliphatic carbocycles. The maximum Gasteiger partial charge on any atom is 0.226 e. The second-order valence-corrected chi connectivity index (χ2v) is 7.04. The standard InChI is InChI=1S/C18H18N2OS2/c21-17(19-10-4-8-14-6-2-1-3-7-14)12-15-13-23-18(20-15)16-9-5-11-22-16/h1-3,5-7,9,11,13H,4,8,10,12H2,(H,19,21). The lowest BCUT2D eigenvalue weighted by atomic mass is 10.1. The molecule has 0 unspecified atom stereocenters. The van der Waals surface area contributed by atoms with Crippen LogP contribution in [0.4, 0.5) is 0 Å². The Kier molecular flexibility index (Phi) is 5.56. The summed E-state index contributed by atoms with van der Waals surface area (Å²) in [6, 6.07) is 14.4. The van der Waals surface area contributed by atoms with Crippen LogP contribution in [-0.2, 0) is 17.6 Å². The molecule has 0 saturated carbocycles. The maximum absolute atomic E-state index is 12.0. The summed E-state index contributed by atoms with van der Waals surface area (Å²) in [4.78, 5) is 17.7. The van der Waals surface area contributed by atoms with Gasteiger partial charge in [-0.15, -0.1) is 22.7 Å². The van der Waals surface area contributed by atoms with Crippen LogP contribution in [0.5, 0.6) is 0 Å². The molecule has 2 aromatic heterocycles. The third kappa shape index (κ3) is 4.74. The van der Waals surface area contributed by atoms with Crippen molar-refractivity contribution in [2.24, 2.45) is 0 Å². The number of hydrogen-bond acceptors (Lipinski definition) is 4. The quantitative estimate of drug-likeness (QED) is 0.655. The number of nitrogens with one attached hydrogen (secondary N) is 1. The van der Waals surface area contributed by atoms with Gasteiger partial charge in [0, 0.05) is 11.9 Å². The highest BCUT2D eigenvalue weighted by Crippen LogP contribution is 2.27. The molecule has 1 N–H and O–H groups in total. The van der Waals surface area contributed by atoms with Gasteiger partial charge in [-0.2, -0.15) is 0 Å². The fourth-order valence-corrected chi connectivity index (χ4v) is 3.93. The Bertz CT molecular complexity index is 735.